The highest BCUT2D eigenvalue weighted by Gasteiger charge is 2.14. The second kappa shape index (κ2) is 4.26. The van der Waals surface area contributed by atoms with Gasteiger partial charge in [-0.05, 0) is 26.7 Å². The fraction of sp³-hybridized carbons (Fsp3) is 0.545. The quantitative estimate of drug-likeness (QED) is 0.636. The topological polar surface area (TPSA) is 20.3 Å². The Hall–Kier alpha value is -1.05. The molecular formula is C11H17NO. The van der Waals surface area contributed by atoms with E-state index in [0.29, 0.717) is 0 Å². The molecule has 0 aromatic rings. The van der Waals surface area contributed by atoms with Crippen LogP contribution >= 0.6 is 0 Å². The third-order valence-corrected chi connectivity index (χ3v) is 2.45. The summed E-state index contributed by atoms with van der Waals surface area (Å²) in [5, 5.41) is 0. The van der Waals surface area contributed by atoms with Crippen LogP contribution in [-0.2, 0) is 4.79 Å². The molecule has 72 valence electrons. The van der Waals surface area contributed by atoms with Crippen LogP contribution < -0.4 is 0 Å². The molecule has 0 heterocycles. The molecule has 0 saturated carbocycles. The van der Waals surface area contributed by atoms with E-state index in [9.17, 15) is 4.79 Å². The summed E-state index contributed by atoms with van der Waals surface area (Å²) in [6, 6.07) is 0. The fourth-order valence-corrected chi connectivity index (χ4v) is 1.31. The van der Waals surface area contributed by atoms with Crippen LogP contribution in [0.2, 0.25) is 0 Å². The van der Waals surface area contributed by atoms with Crippen molar-refractivity contribution < 1.29 is 4.79 Å². The Morgan fingerprint density at radius 3 is 2.62 bits per heavy atom. The molecule has 2 nitrogen and oxygen atoms in total. The Morgan fingerprint density at radius 2 is 2.15 bits per heavy atom. The third-order valence-electron chi connectivity index (χ3n) is 2.45. The van der Waals surface area contributed by atoms with Crippen molar-refractivity contribution >= 4 is 5.91 Å². The summed E-state index contributed by atoms with van der Waals surface area (Å²) in [7, 11) is 1.84. The van der Waals surface area contributed by atoms with E-state index < -0.39 is 0 Å². The summed E-state index contributed by atoms with van der Waals surface area (Å²) in [6.07, 6.45) is 5.91. The molecule has 0 bridgehead atoms. The maximum atomic E-state index is 11.7. The van der Waals surface area contributed by atoms with Crippen molar-refractivity contribution in [3.63, 3.8) is 0 Å². The molecule has 2 heteroatoms. The summed E-state index contributed by atoms with van der Waals surface area (Å²) in [5.41, 5.74) is 2.30. The van der Waals surface area contributed by atoms with Crippen molar-refractivity contribution in [1.29, 1.82) is 0 Å². The van der Waals surface area contributed by atoms with Gasteiger partial charge >= 0.3 is 0 Å². The van der Waals surface area contributed by atoms with E-state index in [1.54, 1.807) is 4.90 Å². The Bertz CT molecular complexity index is 263. The molecule has 0 aromatic heterocycles. The van der Waals surface area contributed by atoms with Crippen molar-refractivity contribution in [2.45, 2.75) is 26.7 Å². The van der Waals surface area contributed by atoms with Crippen LogP contribution in [-0.4, -0.2) is 24.4 Å². The number of carbonyl (C=O) groups is 1. The highest BCUT2D eigenvalue weighted by Crippen LogP contribution is 2.18. The first-order chi connectivity index (χ1) is 6.15. The van der Waals surface area contributed by atoms with Gasteiger partial charge in [0.25, 0.3) is 0 Å². The molecule has 0 radical (unpaired) electrons. The molecule has 1 rings (SSSR count). The van der Waals surface area contributed by atoms with Gasteiger partial charge in [-0.2, -0.15) is 0 Å². The molecule has 0 N–H and O–H groups in total. The van der Waals surface area contributed by atoms with Crippen LogP contribution in [0.15, 0.2) is 23.3 Å². The molecule has 0 atom stereocenters. The number of hydrogen-bond acceptors (Lipinski definition) is 1. The van der Waals surface area contributed by atoms with Gasteiger partial charge < -0.3 is 4.90 Å². The monoisotopic (exact) mass is 179 g/mol. The van der Waals surface area contributed by atoms with Crippen LogP contribution in [0.5, 0.6) is 0 Å². The summed E-state index contributed by atoms with van der Waals surface area (Å²) < 4.78 is 0. The van der Waals surface area contributed by atoms with E-state index in [0.717, 1.165) is 25.0 Å². The molecule has 1 aliphatic carbocycles. The van der Waals surface area contributed by atoms with Gasteiger partial charge in [-0.1, -0.05) is 17.7 Å². The summed E-state index contributed by atoms with van der Waals surface area (Å²) in [4.78, 5) is 13.4. The van der Waals surface area contributed by atoms with Gasteiger partial charge in [-0.25, -0.2) is 0 Å². The number of allylic oxidation sites excluding steroid dienone is 3. The molecule has 0 spiro atoms. The van der Waals surface area contributed by atoms with Gasteiger partial charge in [0.05, 0.1) is 0 Å². The number of hydrogen-bond donors (Lipinski definition) is 0. The van der Waals surface area contributed by atoms with E-state index in [1.807, 2.05) is 26.1 Å². The first-order valence-electron chi connectivity index (χ1n) is 4.77. The van der Waals surface area contributed by atoms with Crippen molar-refractivity contribution in [2.75, 3.05) is 13.6 Å². The highest BCUT2D eigenvalue weighted by molar-refractivity contribution is 5.93. The van der Waals surface area contributed by atoms with Gasteiger partial charge in [-0.3, -0.25) is 4.79 Å². The molecule has 0 fully saturated rings. The van der Waals surface area contributed by atoms with Gasteiger partial charge in [-0.15, -0.1) is 0 Å². The minimum absolute atomic E-state index is 0.172. The maximum Gasteiger partial charge on any atom is 0.249 e. The van der Waals surface area contributed by atoms with Crippen LogP contribution in [0.25, 0.3) is 0 Å². The SMILES string of the molecule is CCN(C)C(=O)C1=CC=C(C)CC1. The van der Waals surface area contributed by atoms with E-state index in [1.165, 1.54) is 5.57 Å². The smallest absolute Gasteiger partial charge is 0.249 e. The molecule has 0 aromatic carbocycles. The first-order valence-corrected chi connectivity index (χ1v) is 4.77. The van der Waals surface area contributed by atoms with E-state index in [2.05, 4.69) is 6.92 Å². The zero-order valence-electron chi connectivity index (χ0n) is 8.63. The Labute approximate surface area is 79.9 Å². The molecule has 0 unspecified atom stereocenters. The van der Waals surface area contributed by atoms with E-state index in [4.69, 9.17) is 0 Å². The molecule has 0 saturated heterocycles. The van der Waals surface area contributed by atoms with E-state index in [-0.39, 0.29) is 5.91 Å². The Kier molecular flexibility index (Phi) is 3.29. The lowest BCUT2D eigenvalue weighted by atomic mass is 9.99. The zero-order valence-corrected chi connectivity index (χ0v) is 8.63. The predicted octanol–water partition coefficient (Wildman–Crippen LogP) is 2.13. The van der Waals surface area contributed by atoms with Gasteiger partial charge in [0, 0.05) is 19.2 Å². The summed E-state index contributed by atoms with van der Waals surface area (Å²) in [5.74, 6) is 0.172. The zero-order chi connectivity index (χ0) is 9.84. The first kappa shape index (κ1) is 10.0. The van der Waals surface area contributed by atoms with Crippen LogP contribution in [0.3, 0.4) is 0 Å². The van der Waals surface area contributed by atoms with Crippen LogP contribution in [0, 0.1) is 0 Å². The average Bonchev–Trinajstić information content (AvgIpc) is 2.17. The van der Waals surface area contributed by atoms with Gasteiger partial charge in [0.2, 0.25) is 5.91 Å². The lowest BCUT2D eigenvalue weighted by molar-refractivity contribution is -0.125. The standard InChI is InChI=1S/C11H17NO/c1-4-12(3)11(13)10-7-5-9(2)6-8-10/h5,7H,4,6,8H2,1-3H3. The van der Waals surface area contributed by atoms with E-state index >= 15 is 0 Å². The molecule has 13 heavy (non-hydrogen) atoms. The van der Waals surface area contributed by atoms with Crippen molar-refractivity contribution in [3.05, 3.63) is 23.3 Å². The predicted molar refractivity (Wildman–Crippen MR) is 54.4 cm³/mol. The minimum atomic E-state index is 0.172. The van der Waals surface area contributed by atoms with Crippen LogP contribution in [0.4, 0.5) is 0 Å². The molecule has 1 aliphatic rings. The Balaban J connectivity index is 2.68. The molecule has 0 aliphatic heterocycles. The Morgan fingerprint density at radius 1 is 1.46 bits per heavy atom. The van der Waals surface area contributed by atoms with Crippen molar-refractivity contribution in [3.8, 4) is 0 Å². The van der Waals surface area contributed by atoms with Gasteiger partial charge in [0.15, 0.2) is 0 Å². The maximum absolute atomic E-state index is 11.7. The summed E-state index contributed by atoms with van der Waals surface area (Å²) >= 11 is 0. The van der Waals surface area contributed by atoms with Crippen molar-refractivity contribution in [2.24, 2.45) is 0 Å². The minimum Gasteiger partial charge on any atom is -0.342 e. The molecular weight excluding hydrogens is 162 g/mol. The highest BCUT2D eigenvalue weighted by atomic mass is 16.2. The largest absolute Gasteiger partial charge is 0.342 e. The molecule has 1 amide bonds. The lowest BCUT2D eigenvalue weighted by Crippen LogP contribution is -2.28. The number of carbonyl (C=O) groups excluding carboxylic acids is 1. The number of nitrogens with zero attached hydrogens (tertiary/aromatic N) is 1. The van der Waals surface area contributed by atoms with Crippen LogP contribution in [0.1, 0.15) is 26.7 Å². The fourth-order valence-electron chi connectivity index (χ4n) is 1.31. The lowest BCUT2D eigenvalue weighted by Gasteiger charge is -2.18. The van der Waals surface area contributed by atoms with Crippen molar-refractivity contribution in [1.82, 2.24) is 4.90 Å². The number of amides is 1. The summed E-state index contributed by atoms with van der Waals surface area (Å²) in [6.45, 7) is 4.86. The second-order valence-corrected chi connectivity index (χ2v) is 3.52. The van der Waals surface area contributed by atoms with Gasteiger partial charge in [0.1, 0.15) is 0 Å². The number of rotatable bonds is 2. The normalized spacial score (nSPS) is 16.2. The average molecular weight is 179 g/mol. The third kappa shape index (κ3) is 2.44. The second-order valence-electron chi connectivity index (χ2n) is 3.52. The number of likely N-dealkylation sites (N-methyl/N-ethyl adjacent to an activating group) is 1.